The number of rotatable bonds is 6. The van der Waals surface area contributed by atoms with Crippen LogP contribution in [0.2, 0.25) is 0 Å². The van der Waals surface area contributed by atoms with E-state index in [1.807, 2.05) is 0 Å². The molecular formula is C56H41N. The molecule has 2 aliphatic carbocycles. The molecule has 0 aliphatic heterocycles. The number of benzene rings is 9. The van der Waals surface area contributed by atoms with Gasteiger partial charge in [0.15, 0.2) is 0 Å². The van der Waals surface area contributed by atoms with E-state index in [0.717, 1.165) is 17.1 Å². The number of nitrogens with zero attached hydrogens (tertiary/aromatic N) is 1. The lowest BCUT2D eigenvalue weighted by atomic mass is 9.67. The summed E-state index contributed by atoms with van der Waals surface area (Å²) in [5.41, 5.74) is 18.2. The summed E-state index contributed by atoms with van der Waals surface area (Å²) in [6.45, 7) is 4.80. The second-order valence-corrected chi connectivity index (χ2v) is 16.0. The minimum absolute atomic E-state index is 0.193. The third-order valence-electron chi connectivity index (χ3n) is 12.7. The summed E-state index contributed by atoms with van der Waals surface area (Å²) in [6, 6.07) is 78.7. The Morgan fingerprint density at radius 2 is 0.877 bits per heavy atom. The van der Waals surface area contributed by atoms with Gasteiger partial charge in [0.1, 0.15) is 0 Å². The predicted molar refractivity (Wildman–Crippen MR) is 239 cm³/mol. The number of anilines is 3. The molecule has 0 saturated carbocycles. The van der Waals surface area contributed by atoms with Crippen molar-refractivity contribution >= 4 is 27.8 Å². The molecule has 11 rings (SSSR count). The highest BCUT2D eigenvalue weighted by Gasteiger charge is 2.46. The van der Waals surface area contributed by atoms with Gasteiger partial charge in [-0.05, 0) is 102 Å². The average molecular weight is 728 g/mol. The molecule has 0 atom stereocenters. The Balaban J connectivity index is 1.18. The van der Waals surface area contributed by atoms with Crippen molar-refractivity contribution in [3.05, 3.63) is 246 Å². The van der Waals surface area contributed by atoms with Gasteiger partial charge >= 0.3 is 0 Å². The molecule has 57 heavy (non-hydrogen) atoms. The van der Waals surface area contributed by atoms with Crippen LogP contribution in [-0.4, -0.2) is 0 Å². The summed E-state index contributed by atoms with van der Waals surface area (Å²) in [5.74, 6) is 0. The summed E-state index contributed by atoms with van der Waals surface area (Å²) in [5, 5.41) is 2.62. The lowest BCUT2D eigenvalue weighted by Gasteiger charge is -2.35. The summed E-state index contributed by atoms with van der Waals surface area (Å²) in [4.78, 5) is 2.50. The molecule has 0 spiro atoms. The van der Waals surface area contributed by atoms with Gasteiger partial charge in [0.2, 0.25) is 0 Å². The fourth-order valence-electron chi connectivity index (χ4n) is 10.3. The van der Waals surface area contributed by atoms with Crippen LogP contribution in [-0.2, 0) is 10.8 Å². The fourth-order valence-corrected chi connectivity index (χ4v) is 10.3. The van der Waals surface area contributed by atoms with Crippen LogP contribution in [0.15, 0.2) is 212 Å². The van der Waals surface area contributed by atoms with E-state index in [9.17, 15) is 0 Å². The molecule has 2 aliphatic rings. The van der Waals surface area contributed by atoms with E-state index in [1.54, 1.807) is 0 Å². The van der Waals surface area contributed by atoms with E-state index in [2.05, 4.69) is 231 Å². The first kappa shape index (κ1) is 33.4. The Morgan fingerprint density at radius 3 is 1.58 bits per heavy atom. The van der Waals surface area contributed by atoms with Crippen LogP contribution < -0.4 is 4.90 Å². The summed E-state index contributed by atoms with van der Waals surface area (Å²) < 4.78 is 0. The summed E-state index contributed by atoms with van der Waals surface area (Å²) in [7, 11) is 0. The molecule has 0 heterocycles. The maximum Gasteiger partial charge on any atom is 0.0714 e. The standard InChI is InChI=1S/C56H41N/c1-55(2)51-36-42(32-35-48(51)49-33-30-39-20-12-13-26-45(39)54(49)55)57(53-29-17-15-25-44(53)38-18-6-3-7-19-38)43-31-34-47-46-27-14-16-28-50(46)56(52(47)37-43,40-21-8-4-9-22-40)41-23-10-5-11-24-41/h3-37H,1-2H3. The van der Waals surface area contributed by atoms with Crippen LogP contribution in [0.4, 0.5) is 17.1 Å². The van der Waals surface area contributed by atoms with E-state index in [-0.39, 0.29) is 5.41 Å². The zero-order chi connectivity index (χ0) is 38.1. The average Bonchev–Trinajstić information content (AvgIpc) is 3.70. The number of para-hydroxylation sites is 1. The van der Waals surface area contributed by atoms with E-state index < -0.39 is 5.41 Å². The number of hydrogen-bond acceptors (Lipinski definition) is 1. The first-order chi connectivity index (χ1) is 28.0. The molecular weight excluding hydrogens is 687 g/mol. The third-order valence-corrected chi connectivity index (χ3v) is 12.7. The Kier molecular flexibility index (Phi) is 7.50. The van der Waals surface area contributed by atoms with Crippen LogP contribution in [0.1, 0.15) is 47.2 Å². The van der Waals surface area contributed by atoms with Crippen molar-refractivity contribution < 1.29 is 0 Å². The van der Waals surface area contributed by atoms with Crippen molar-refractivity contribution in [2.45, 2.75) is 24.7 Å². The summed E-state index contributed by atoms with van der Waals surface area (Å²) >= 11 is 0. The zero-order valence-corrected chi connectivity index (χ0v) is 32.2. The Labute approximate surface area is 335 Å². The van der Waals surface area contributed by atoms with Gasteiger partial charge in [0, 0.05) is 22.4 Å². The Hall–Kier alpha value is -6.96. The first-order valence-electron chi connectivity index (χ1n) is 20.0. The largest absolute Gasteiger partial charge is 0.310 e. The highest BCUT2D eigenvalue weighted by molar-refractivity contribution is 5.99. The van der Waals surface area contributed by atoms with Crippen molar-refractivity contribution in [1.29, 1.82) is 0 Å². The number of fused-ring (bicyclic) bond motifs is 8. The Morgan fingerprint density at radius 1 is 0.368 bits per heavy atom. The highest BCUT2D eigenvalue weighted by atomic mass is 15.1. The molecule has 1 heteroatoms. The maximum atomic E-state index is 2.50. The van der Waals surface area contributed by atoms with Crippen LogP contribution >= 0.6 is 0 Å². The highest BCUT2D eigenvalue weighted by Crippen LogP contribution is 2.58. The molecule has 0 radical (unpaired) electrons. The molecule has 0 saturated heterocycles. The van der Waals surface area contributed by atoms with Crippen molar-refractivity contribution in [2.75, 3.05) is 4.90 Å². The molecule has 0 bridgehead atoms. The van der Waals surface area contributed by atoms with E-state index in [0.29, 0.717) is 0 Å². The Bertz CT molecular complexity index is 2940. The third kappa shape index (κ3) is 4.89. The van der Waals surface area contributed by atoms with Crippen LogP contribution in [0.3, 0.4) is 0 Å². The monoisotopic (exact) mass is 727 g/mol. The van der Waals surface area contributed by atoms with Gasteiger partial charge in [-0.2, -0.15) is 0 Å². The fraction of sp³-hybridized carbons (Fsp3) is 0.0714. The molecule has 0 fully saturated rings. The maximum absolute atomic E-state index is 2.50. The molecule has 0 amide bonds. The lowest BCUT2D eigenvalue weighted by Crippen LogP contribution is -2.28. The molecule has 9 aromatic carbocycles. The molecule has 0 unspecified atom stereocenters. The van der Waals surface area contributed by atoms with E-state index in [4.69, 9.17) is 0 Å². The van der Waals surface area contributed by atoms with Crippen LogP contribution in [0, 0.1) is 0 Å². The molecule has 1 nitrogen and oxygen atoms in total. The summed E-state index contributed by atoms with van der Waals surface area (Å²) in [6.07, 6.45) is 0. The van der Waals surface area contributed by atoms with Crippen LogP contribution in [0.5, 0.6) is 0 Å². The van der Waals surface area contributed by atoms with Gasteiger partial charge in [-0.15, -0.1) is 0 Å². The first-order valence-corrected chi connectivity index (χ1v) is 20.0. The van der Waals surface area contributed by atoms with Gasteiger partial charge in [0.05, 0.1) is 11.1 Å². The van der Waals surface area contributed by atoms with Crippen molar-refractivity contribution in [2.24, 2.45) is 0 Å². The molecule has 270 valence electrons. The molecule has 9 aromatic rings. The second kappa shape index (κ2) is 12.8. The van der Waals surface area contributed by atoms with Crippen molar-refractivity contribution in [3.63, 3.8) is 0 Å². The SMILES string of the molecule is CC1(C)c2cc(N(c3ccc4c(c3)C(c3ccccc3)(c3ccccc3)c3ccccc3-4)c3ccccc3-c3ccccc3)ccc2-c2ccc3ccccc3c21. The molecule has 0 N–H and O–H groups in total. The molecule has 0 aromatic heterocycles. The van der Waals surface area contributed by atoms with E-state index >= 15 is 0 Å². The van der Waals surface area contributed by atoms with Crippen LogP contribution in [0.25, 0.3) is 44.2 Å². The van der Waals surface area contributed by atoms with Gasteiger partial charge < -0.3 is 4.90 Å². The van der Waals surface area contributed by atoms with Gasteiger partial charge in [-0.3, -0.25) is 0 Å². The number of hydrogen-bond donors (Lipinski definition) is 0. The van der Waals surface area contributed by atoms with Gasteiger partial charge in [-0.1, -0.05) is 196 Å². The van der Waals surface area contributed by atoms with Crippen molar-refractivity contribution in [1.82, 2.24) is 0 Å². The smallest absolute Gasteiger partial charge is 0.0714 e. The normalized spacial score (nSPS) is 14.1. The van der Waals surface area contributed by atoms with E-state index in [1.165, 1.54) is 77.5 Å². The second-order valence-electron chi connectivity index (χ2n) is 16.0. The minimum Gasteiger partial charge on any atom is -0.310 e. The van der Waals surface area contributed by atoms with Gasteiger partial charge in [0.25, 0.3) is 0 Å². The predicted octanol–water partition coefficient (Wildman–Crippen LogP) is 14.6. The lowest BCUT2D eigenvalue weighted by molar-refractivity contribution is 0.666. The topological polar surface area (TPSA) is 3.24 Å². The minimum atomic E-state index is -0.502. The van der Waals surface area contributed by atoms with Gasteiger partial charge in [-0.25, -0.2) is 0 Å². The quantitative estimate of drug-likeness (QED) is 0.165. The van der Waals surface area contributed by atoms with Crippen molar-refractivity contribution in [3.8, 4) is 33.4 Å². The zero-order valence-electron chi connectivity index (χ0n) is 32.2.